The van der Waals surface area contributed by atoms with E-state index in [1.54, 1.807) is 6.07 Å². The molecule has 0 amide bonds. The minimum Gasteiger partial charge on any atom is -0.460 e. The molecule has 0 aromatic heterocycles. The molecular formula is C12H14BrFO2. The average Bonchev–Trinajstić information content (AvgIpc) is 2.06. The minimum atomic E-state index is -0.496. The maximum Gasteiger partial charge on any atom is 0.310 e. The van der Waals surface area contributed by atoms with E-state index in [2.05, 4.69) is 15.9 Å². The first-order valence-corrected chi connectivity index (χ1v) is 5.73. The number of rotatable bonds is 2. The molecule has 0 fully saturated rings. The third-order valence-corrected chi connectivity index (χ3v) is 2.51. The molecule has 0 radical (unpaired) electrons. The van der Waals surface area contributed by atoms with Crippen LogP contribution in [0.25, 0.3) is 0 Å². The van der Waals surface area contributed by atoms with E-state index in [1.165, 1.54) is 12.1 Å². The SMILES string of the molecule is CC(C)(C)OC(=O)Cc1ccc(F)cc1Br. The third kappa shape index (κ3) is 4.31. The number of hydrogen-bond donors (Lipinski definition) is 0. The van der Waals surface area contributed by atoms with Gasteiger partial charge in [0.15, 0.2) is 0 Å². The molecule has 88 valence electrons. The van der Waals surface area contributed by atoms with Gasteiger partial charge in [-0.2, -0.15) is 0 Å². The highest BCUT2D eigenvalue weighted by molar-refractivity contribution is 9.10. The van der Waals surface area contributed by atoms with Crippen molar-refractivity contribution in [2.75, 3.05) is 0 Å². The molecule has 1 rings (SSSR count). The van der Waals surface area contributed by atoms with Gasteiger partial charge in [-0.05, 0) is 38.5 Å². The molecule has 0 saturated carbocycles. The predicted molar refractivity (Wildman–Crippen MR) is 63.6 cm³/mol. The van der Waals surface area contributed by atoms with Crippen LogP contribution in [0.4, 0.5) is 4.39 Å². The van der Waals surface area contributed by atoms with Crippen molar-refractivity contribution in [3.63, 3.8) is 0 Å². The van der Waals surface area contributed by atoms with E-state index < -0.39 is 5.60 Å². The summed E-state index contributed by atoms with van der Waals surface area (Å²) in [5, 5.41) is 0. The molecule has 1 aromatic carbocycles. The van der Waals surface area contributed by atoms with E-state index in [-0.39, 0.29) is 18.2 Å². The summed E-state index contributed by atoms with van der Waals surface area (Å²) in [6.07, 6.45) is 0.137. The summed E-state index contributed by atoms with van der Waals surface area (Å²) in [4.78, 5) is 11.5. The molecule has 4 heteroatoms. The van der Waals surface area contributed by atoms with Gasteiger partial charge < -0.3 is 4.74 Å². The normalized spacial score (nSPS) is 11.3. The highest BCUT2D eigenvalue weighted by atomic mass is 79.9. The summed E-state index contributed by atoms with van der Waals surface area (Å²) in [5.74, 6) is -0.653. The summed E-state index contributed by atoms with van der Waals surface area (Å²) < 4.78 is 18.6. The molecule has 0 unspecified atom stereocenters. The van der Waals surface area contributed by atoms with E-state index >= 15 is 0 Å². The van der Waals surface area contributed by atoms with E-state index in [9.17, 15) is 9.18 Å². The Bertz CT molecular complexity index is 396. The standard InChI is InChI=1S/C12H14BrFO2/c1-12(2,3)16-11(15)6-8-4-5-9(14)7-10(8)13/h4-5,7H,6H2,1-3H3. The van der Waals surface area contributed by atoms with E-state index in [4.69, 9.17) is 4.74 Å². The van der Waals surface area contributed by atoms with Gasteiger partial charge >= 0.3 is 5.97 Å². The van der Waals surface area contributed by atoms with Crippen molar-refractivity contribution in [2.24, 2.45) is 0 Å². The minimum absolute atomic E-state index is 0.137. The Morgan fingerprint density at radius 2 is 2.06 bits per heavy atom. The lowest BCUT2D eigenvalue weighted by Crippen LogP contribution is -2.25. The quantitative estimate of drug-likeness (QED) is 0.779. The lowest BCUT2D eigenvalue weighted by molar-refractivity contribution is -0.153. The topological polar surface area (TPSA) is 26.3 Å². The van der Waals surface area contributed by atoms with Crippen LogP contribution < -0.4 is 0 Å². The fourth-order valence-electron chi connectivity index (χ4n) is 1.20. The molecular weight excluding hydrogens is 275 g/mol. The van der Waals surface area contributed by atoms with Gasteiger partial charge in [-0.1, -0.05) is 22.0 Å². The van der Waals surface area contributed by atoms with Crippen molar-refractivity contribution in [1.29, 1.82) is 0 Å². The maximum atomic E-state index is 12.8. The summed E-state index contributed by atoms with van der Waals surface area (Å²) in [6, 6.07) is 4.23. The van der Waals surface area contributed by atoms with Crippen LogP contribution in [0.5, 0.6) is 0 Å². The Morgan fingerprint density at radius 1 is 1.44 bits per heavy atom. The largest absolute Gasteiger partial charge is 0.460 e. The third-order valence-electron chi connectivity index (χ3n) is 1.77. The second-order valence-electron chi connectivity index (χ2n) is 4.50. The van der Waals surface area contributed by atoms with Crippen LogP contribution in [0.1, 0.15) is 26.3 Å². The molecule has 16 heavy (non-hydrogen) atoms. The second kappa shape index (κ2) is 4.95. The number of carbonyl (C=O) groups is 1. The Morgan fingerprint density at radius 3 is 2.56 bits per heavy atom. The van der Waals surface area contributed by atoms with Gasteiger partial charge in [-0.15, -0.1) is 0 Å². The van der Waals surface area contributed by atoms with Crippen LogP contribution in [-0.4, -0.2) is 11.6 Å². The molecule has 1 aromatic rings. The van der Waals surface area contributed by atoms with Gasteiger partial charge in [0, 0.05) is 4.47 Å². The Hall–Kier alpha value is -0.900. The number of halogens is 2. The van der Waals surface area contributed by atoms with Crippen LogP contribution in [0.15, 0.2) is 22.7 Å². The Balaban J connectivity index is 2.70. The predicted octanol–water partition coefficient (Wildman–Crippen LogP) is 3.47. The number of carbonyl (C=O) groups excluding carboxylic acids is 1. The van der Waals surface area contributed by atoms with Crippen LogP contribution in [0.3, 0.4) is 0 Å². The molecule has 0 atom stereocenters. The van der Waals surface area contributed by atoms with Gasteiger partial charge in [0.2, 0.25) is 0 Å². The van der Waals surface area contributed by atoms with E-state index in [0.29, 0.717) is 4.47 Å². The van der Waals surface area contributed by atoms with Gasteiger partial charge in [-0.3, -0.25) is 4.79 Å². The fraction of sp³-hybridized carbons (Fsp3) is 0.417. The highest BCUT2D eigenvalue weighted by Gasteiger charge is 2.17. The Labute approximate surface area is 103 Å². The fourth-order valence-corrected chi connectivity index (χ4v) is 1.69. The van der Waals surface area contributed by atoms with Crippen molar-refractivity contribution >= 4 is 21.9 Å². The van der Waals surface area contributed by atoms with Crippen LogP contribution >= 0.6 is 15.9 Å². The van der Waals surface area contributed by atoms with Crippen LogP contribution in [0, 0.1) is 5.82 Å². The van der Waals surface area contributed by atoms with Gasteiger partial charge in [0.25, 0.3) is 0 Å². The van der Waals surface area contributed by atoms with Gasteiger partial charge in [0.05, 0.1) is 6.42 Å². The van der Waals surface area contributed by atoms with Crippen molar-refractivity contribution in [2.45, 2.75) is 32.8 Å². The highest BCUT2D eigenvalue weighted by Crippen LogP contribution is 2.19. The molecule has 2 nitrogen and oxygen atoms in total. The van der Waals surface area contributed by atoms with Gasteiger partial charge in [0.1, 0.15) is 11.4 Å². The van der Waals surface area contributed by atoms with Gasteiger partial charge in [-0.25, -0.2) is 4.39 Å². The zero-order chi connectivity index (χ0) is 12.3. The number of ether oxygens (including phenoxy) is 1. The van der Waals surface area contributed by atoms with Crippen molar-refractivity contribution in [3.8, 4) is 0 Å². The van der Waals surface area contributed by atoms with Crippen molar-refractivity contribution in [1.82, 2.24) is 0 Å². The first kappa shape index (κ1) is 13.2. The van der Waals surface area contributed by atoms with E-state index in [1.807, 2.05) is 20.8 Å². The van der Waals surface area contributed by atoms with Crippen LogP contribution in [0.2, 0.25) is 0 Å². The van der Waals surface area contributed by atoms with Crippen molar-refractivity contribution < 1.29 is 13.9 Å². The average molecular weight is 289 g/mol. The summed E-state index contributed by atoms with van der Waals surface area (Å²) in [7, 11) is 0. The summed E-state index contributed by atoms with van der Waals surface area (Å²) in [6.45, 7) is 5.43. The first-order chi connectivity index (χ1) is 7.28. The Kier molecular flexibility index (Phi) is 4.08. The molecule has 0 spiro atoms. The summed E-state index contributed by atoms with van der Waals surface area (Å²) in [5.41, 5.74) is 0.222. The lowest BCUT2D eigenvalue weighted by atomic mass is 10.1. The zero-order valence-electron chi connectivity index (χ0n) is 9.51. The first-order valence-electron chi connectivity index (χ1n) is 4.94. The second-order valence-corrected chi connectivity index (χ2v) is 5.35. The smallest absolute Gasteiger partial charge is 0.310 e. The van der Waals surface area contributed by atoms with Crippen LogP contribution in [-0.2, 0) is 16.0 Å². The monoisotopic (exact) mass is 288 g/mol. The number of benzene rings is 1. The molecule has 0 saturated heterocycles. The summed E-state index contributed by atoms with van der Waals surface area (Å²) >= 11 is 3.21. The molecule has 0 N–H and O–H groups in total. The van der Waals surface area contributed by atoms with Crippen molar-refractivity contribution in [3.05, 3.63) is 34.1 Å². The molecule has 0 heterocycles. The molecule has 0 aliphatic rings. The number of esters is 1. The zero-order valence-corrected chi connectivity index (χ0v) is 11.1. The molecule has 0 aliphatic heterocycles. The van der Waals surface area contributed by atoms with E-state index in [0.717, 1.165) is 5.56 Å². The lowest BCUT2D eigenvalue weighted by Gasteiger charge is -2.19. The molecule has 0 aliphatic carbocycles. The number of hydrogen-bond acceptors (Lipinski definition) is 2. The maximum absolute atomic E-state index is 12.8. The molecule has 0 bridgehead atoms.